The normalized spacial score (nSPS) is 9.75. The predicted octanol–water partition coefficient (Wildman–Crippen LogP) is 0.797. The molecule has 3 heteroatoms. The summed E-state index contributed by atoms with van der Waals surface area (Å²) in [6.45, 7) is 0.777. The summed E-state index contributed by atoms with van der Waals surface area (Å²) < 4.78 is 4.77. The molecule has 0 rings (SSSR count). The SMILES string of the molecule is COCCSCC[O]. The van der Waals surface area contributed by atoms with Gasteiger partial charge in [-0.05, 0) is 0 Å². The van der Waals surface area contributed by atoms with Crippen LogP contribution in [0.15, 0.2) is 0 Å². The van der Waals surface area contributed by atoms with E-state index in [9.17, 15) is 5.11 Å². The van der Waals surface area contributed by atoms with Gasteiger partial charge in [-0.15, -0.1) is 0 Å². The van der Waals surface area contributed by atoms with Gasteiger partial charge in [-0.3, -0.25) is 0 Å². The molecule has 0 aromatic carbocycles. The average Bonchev–Trinajstić information content (AvgIpc) is 1.81. The molecule has 0 heterocycles. The first-order chi connectivity index (χ1) is 3.91. The molecule has 0 atom stereocenters. The molecule has 0 aliphatic rings. The van der Waals surface area contributed by atoms with E-state index in [1.165, 1.54) is 0 Å². The summed E-state index contributed by atoms with van der Waals surface area (Å²) in [5.41, 5.74) is 0. The van der Waals surface area contributed by atoms with Gasteiger partial charge in [0.1, 0.15) is 0 Å². The largest absolute Gasteiger partial charge is 0.384 e. The zero-order chi connectivity index (χ0) is 6.24. The Morgan fingerprint density at radius 2 is 2.25 bits per heavy atom. The Hall–Kier alpha value is 0.270. The third-order valence-corrected chi connectivity index (χ3v) is 1.57. The minimum Gasteiger partial charge on any atom is -0.384 e. The van der Waals surface area contributed by atoms with Gasteiger partial charge in [-0.25, -0.2) is 5.11 Å². The minimum absolute atomic E-state index is 0.0222. The molecule has 0 N–H and O–H groups in total. The van der Waals surface area contributed by atoms with E-state index in [1.807, 2.05) is 0 Å². The van der Waals surface area contributed by atoms with Crippen molar-refractivity contribution in [3.63, 3.8) is 0 Å². The number of methoxy groups -OCH3 is 1. The van der Waals surface area contributed by atoms with Crippen LogP contribution in [0.1, 0.15) is 0 Å². The molecule has 0 bridgehead atoms. The second kappa shape index (κ2) is 7.27. The number of rotatable bonds is 5. The van der Waals surface area contributed by atoms with E-state index >= 15 is 0 Å². The maximum atomic E-state index is 9.83. The van der Waals surface area contributed by atoms with Crippen LogP contribution in [0.5, 0.6) is 0 Å². The van der Waals surface area contributed by atoms with Gasteiger partial charge in [0.25, 0.3) is 0 Å². The molecule has 0 aliphatic heterocycles. The zero-order valence-corrected chi connectivity index (χ0v) is 5.87. The van der Waals surface area contributed by atoms with Crippen molar-refractivity contribution in [2.75, 3.05) is 31.8 Å². The van der Waals surface area contributed by atoms with Crippen LogP contribution in [0, 0.1) is 0 Å². The molecule has 0 saturated heterocycles. The summed E-state index contributed by atoms with van der Waals surface area (Å²) in [6.07, 6.45) is 0. The van der Waals surface area contributed by atoms with Crippen molar-refractivity contribution in [3.8, 4) is 0 Å². The van der Waals surface area contributed by atoms with Crippen molar-refractivity contribution in [1.82, 2.24) is 0 Å². The van der Waals surface area contributed by atoms with Crippen molar-refractivity contribution in [1.29, 1.82) is 0 Å². The Bertz CT molecular complexity index is 35.4. The minimum atomic E-state index is 0.0222. The molecule has 0 aromatic heterocycles. The predicted molar refractivity (Wildman–Crippen MR) is 34.8 cm³/mol. The first-order valence-electron chi connectivity index (χ1n) is 2.56. The Kier molecular flexibility index (Phi) is 7.52. The smallest absolute Gasteiger partial charge is 0.0912 e. The highest BCUT2D eigenvalue weighted by Crippen LogP contribution is 1.96. The first kappa shape index (κ1) is 8.27. The fourth-order valence-corrected chi connectivity index (χ4v) is 0.910. The molecule has 0 saturated carbocycles. The highest BCUT2D eigenvalue weighted by Gasteiger charge is 1.84. The van der Waals surface area contributed by atoms with Gasteiger partial charge in [0.15, 0.2) is 0 Å². The summed E-state index contributed by atoms with van der Waals surface area (Å²) in [4.78, 5) is 0. The molecule has 0 fully saturated rings. The van der Waals surface area contributed by atoms with Crippen molar-refractivity contribution in [3.05, 3.63) is 0 Å². The standard InChI is InChI=1S/C5H11O2S/c1-7-3-5-8-4-2-6/h2-5H2,1H3. The molecular weight excluding hydrogens is 124 g/mol. The molecule has 0 aliphatic carbocycles. The van der Waals surface area contributed by atoms with E-state index in [2.05, 4.69) is 0 Å². The monoisotopic (exact) mass is 135 g/mol. The quantitative estimate of drug-likeness (QED) is 0.522. The molecule has 1 radical (unpaired) electrons. The molecule has 2 nitrogen and oxygen atoms in total. The summed E-state index contributed by atoms with van der Waals surface area (Å²) >= 11 is 1.64. The van der Waals surface area contributed by atoms with Crippen molar-refractivity contribution >= 4 is 11.8 Å². The Morgan fingerprint density at radius 1 is 1.50 bits per heavy atom. The van der Waals surface area contributed by atoms with Crippen LogP contribution in [0.25, 0.3) is 0 Å². The van der Waals surface area contributed by atoms with E-state index in [4.69, 9.17) is 4.74 Å². The van der Waals surface area contributed by atoms with Gasteiger partial charge in [0, 0.05) is 18.6 Å². The highest BCUT2D eigenvalue weighted by atomic mass is 32.2. The van der Waals surface area contributed by atoms with Crippen LogP contribution in [-0.2, 0) is 9.84 Å². The lowest BCUT2D eigenvalue weighted by atomic mass is 10.9. The van der Waals surface area contributed by atoms with Crippen LogP contribution < -0.4 is 0 Å². The molecule has 8 heavy (non-hydrogen) atoms. The van der Waals surface area contributed by atoms with Crippen molar-refractivity contribution in [2.45, 2.75) is 0 Å². The van der Waals surface area contributed by atoms with Crippen LogP contribution >= 0.6 is 11.8 Å². The van der Waals surface area contributed by atoms with E-state index in [0.29, 0.717) is 5.75 Å². The third-order valence-electron chi connectivity index (χ3n) is 0.659. The Morgan fingerprint density at radius 3 is 2.75 bits per heavy atom. The van der Waals surface area contributed by atoms with Gasteiger partial charge in [-0.2, -0.15) is 11.8 Å². The lowest BCUT2D eigenvalue weighted by Gasteiger charge is -1.94. The average molecular weight is 135 g/mol. The highest BCUT2D eigenvalue weighted by molar-refractivity contribution is 7.99. The second-order valence-electron chi connectivity index (χ2n) is 1.31. The van der Waals surface area contributed by atoms with Crippen LogP contribution in [0.2, 0.25) is 0 Å². The topological polar surface area (TPSA) is 29.1 Å². The lowest BCUT2D eigenvalue weighted by Crippen LogP contribution is -1.93. The third kappa shape index (κ3) is 6.27. The second-order valence-corrected chi connectivity index (χ2v) is 2.53. The van der Waals surface area contributed by atoms with E-state index < -0.39 is 0 Å². The van der Waals surface area contributed by atoms with Gasteiger partial charge < -0.3 is 4.74 Å². The fraction of sp³-hybridized carbons (Fsp3) is 1.00. The van der Waals surface area contributed by atoms with E-state index in [0.717, 1.165) is 12.4 Å². The van der Waals surface area contributed by atoms with Crippen LogP contribution in [0.4, 0.5) is 0 Å². The van der Waals surface area contributed by atoms with Crippen molar-refractivity contribution < 1.29 is 9.84 Å². The summed E-state index contributed by atoms with van der Waals surface area (Å²) in [5.74, 6) is 1.65. The fourth-order valence-electron chi connectivity index (χ4n) is 0.303. The molecule has 0 amide bonds. The number of hydrogen-bond acceptors (Lipinski definition) is 2. The maximum absolute atomic E-state index is 9.83. The summed E-state index contributed by atoms with van der Waals surface area (Å²) in [6, 6.07) is 0. The van der Waals surface area contributed by atoms with Gasteiger partial charge >= 0.3 is 0 Å². The van der Waals surface area contributed by atoms with Crippen LogP contribution in [-0.4, -0.2) is 31.8 Å². The molecule has 0 spiro atoms. The molecule has 0 aromatic rings. The van der Waals surface area contributed by atoms with E-state index in [-0.39, 0.29) is 6.61 Å². The molecular formula is C5H11O2S. The number of hydrogen-bond donors (Lipinski definition) is 0. The van der Waals surface area contributed by atoms with Crippen molar-refractivity contribution in [2.24, 2.45) is 0 Å². The summed E-state index contributed by atoms with van der Waals surface area (Å²) in [5, 5.41) is 9.83. The van der Waals surface area contributed by atoms with Gasteiger partial charge in [0.05, 0.1) is 13.2 Å². The number of ether oxygens (including phenoxy) is 1. The Labute approximate surface area is 54.2 Å². The molecule has 0 unspecified atom stereocenters. The lowest BCUT2D eigenvalue weighted by molar-refractivity contribution is 0.213. The van der Waals surface area contributed by atoms with E-state index in [1.54, 1.807) is 18.9 Å². The number of thioether (sulfide) groups is 1. The summed E-state index contributed by atoms with van der Waals surface area (Å²) in [7, 11) is 1.66. The van der Waals surface area contributed by atoms with Crippen LogP contribution in [0.3, 0.4) is 0 Å². The first-order valence-corrected chi connectivity index (χ1v) is 3.72. The van der Waals surface area contributed by atoms with Gasteiger partial charge in [-0.1, -0.05) is 0 Å². The Balaban J connectivity index is 2.53. The van der Waals surface area contributed by atoms with Gasteiger partial charge in [0.2, 0.25) is 0 Å². The zero-order valence-electron chi connectivity index (χ0n) is 5.05. The maximum Gasteiger partial charge on any atom is 0.0912 e. The molecule has 49 valence electrons.